The lowest BCUT2D eigenvalue weighted by atomic mass is 9.85. The third-order valence-electron chi connectivity index (χ3n) is 4.30. The Bertz CT molecular complexity index is 387. The van der Waals surface area contributed by atoms with Crippen molar-refractivity contribution >= 4 is 5.82 Å². The summed E-state index contributed by atoms with van der Waals surface area (Å²) in [5.74, 6) is 2.24. The number of nitrogens with zero attached hydrogens (tertiary/aromatic N) is 2. The third kappa shape index (κ3) is 2.88. The zero-order chi connectivity index (χ0) is 13.1. The van der Waals surface area contributed by atoms with Gasteiger partial charge in [0.2, 0.25) is 0 Å². The molecule has 0 unspecified atom stereocenters. The zero-order valence-corrected chi connectivity index (χ0v) is 12.1. The second-order valence-corrected chi connectivity index (χ2v) is 6.07. The second kappa shape index (κ2) is 5.77. The van der Waals surface area contributed by atoms with E-state index in [1.807, 2.05) is 11.7 Å². The molecule has 1 saturated carbocycles. The number of aryl methyl sites for hydroxylation is 2. The molecule has 1 heterocycles. The van der Waals surface area contributed by atoms with Gasteiger partial charge in [-0.2, -0.15) is 5.10 Å². The number of aromatic nitrogens is 2. The molecule has 0 aliphatic heterocycles. The molecule has 18 heavy (non-hydrogen) atoms. The first-order chi connectivity index (χ1) is 8.59. The summed E-state index contributed by atoms with van der Waals surface area (Å²) in [6.07, 6.45) is 9.50. The van der Waals surface area contributed by atoms with Gasteiger partial charge in [-0.15, -0.1) is 0 Å². The molecule has 2 rings (SSSR count). The molecule has 0 spiro atoms. The largest absolute Gasteiger partial charge is 0.384 e. The lowest BCUT2D eigenvalue weighted by Crippen LogP contribution is -2.08. The smallest absolute Gasteiger partial charge is 0.125 e. The Labute approximate surface area is 111 Å². The van der Waals surface area contributed by atoms with Gasteiger partial charge in [-0.05, 0) is 24.7 Å². The first-order valence-electron chi connectivity index (χ1n) is 7.40. The van der Waals surface area contributed by atoms with Crippen molar-refractivity contribution < 1.29 is 0 Å². The van der Waals surface area contributed by atoms with Crippen LogP contribution < -0.4 is 5.73 Å². The topological polar surface area (TPSA) is 43.8 Å². The highest BCUT2D eigenvalue weighted by atomic mass is 15.3. The van der Waals surface area contributed by atoms with Gasteiger partial charge in [0.1, 0.15) is 5.82 Å². The van der Waals surface area contributed by atoms with Crippen LogP contribution in [-0.4, -0.2) is 9.78 Å². The van der Waals surface area contributed by atoms with Gasteiger partial charge in [-0.1, -0.05) is 46.0 Å². The van der Waals surface area contributed by atoms with Crippen molar-refractivity contribution in [1.82, 2.24) is 9.78 Å². The molecule has 0 saturated heterocycles. The van der Waals surface area contributed by atoms with Crippen molar-refractivity contribution in [2.24, 2.45) is 13.0 Å². The molecule has 102 valence electrons. The van der Waals surface area contributed by atoms with Crippen LogP contribution in [-0.2, 0) is 13.5 Å². The minimum Gasteiger partial charge on any atom is -0.384 e. The summed E-state index contributed by atoms with van der Waals surface area (Å²) >= 11 is 0. The number of anilines is 1. The van der Waals surface area contributed by atoms with Crippen molar-refractivity contribution in [3.8, 4) is 0 Å². The highest BCUT2D eigenvalue weighted by Gasteiger charge is 2.19. The van der Waals surface area contributed by atoms with E-state index in [0.717, 1.165) is 18.2 Å². The van der Waals surface area contributed by atoms with Crippen LogP contribution in [0.1, 0.15) is 69.5 Å². The average molecular weight is 249 g/mol. The molecule has 0 atom stereocenters. The fourth-order valence-corrected chi connectivity index (χ4v) is 3.24. The molecule has 1 aliphatic rings. The summed E-state index contributed by atoms with van der Waals surface area (Å²) in [5, 5.41) is 4.61. The Morgan fingerprint density at radius 1 is 1.28 bits per heavy atom. The van der Waals surface area contributed by atoms with Crippen LogP contribution in [0.2, 0.25) is 0 Å². The van der Waals surface area contributed by atoms with E-state index in [-0.39, 0.29) is 0 Å². The first-order valence-corrected chi connectivity index (χ1v) is 7.40. The van der Waals surface area contributed by atoms with Crippen molar-refractivity contribution in [2.45, 2.75) is 64.7 Å². The fourth-order valence-electron chi connectivity index (χ4n) is 3.24. The van der Waals surface area contributed by atoms with Crippen molar-refractivity contribution in [3.63, 3.8) is 0 Å². The zero-order valence-electron chi connectivity index (χ0n) is 12.1. The molecule has 3 nitrogen and oxygen atoms in total. The second-order valence-electron chi connectivity index (χ2n) is 6.07. The Hall–Kier alpha value is -0.990. The monoisotopic (exact) mass is 249 g/mol. The number of rotatable bonds is 4. The minimum absolute atomic E-state index is 0.472. The molecule has 1 fully saturated rings. The van der Waals surface area contributed by atoms with E-state index in [1.165, 1.54) is 49.8 Å². The first kappa shape index (κ1) is 13.4. The number of hydrogen-bond donors (Lipinski definition) is 1. The van der Waals surface area contributed by atoms with Crippen LogP contribution in [0.3, 0.4) is 0 Å². The van der Waals surface area contributed by atoms with Gasteiger partial charge in [-0.25, -0.2) is 0 Å². The molecular weight excluding hydrogens is 222 g/mol. The van der Waals surface area contributed by atoms with Crippen LogP contribution in [0.5, 0.6) is 0 Å². The van der Waals surface area contributed by atoms with Gasteiger partial charge in [-0.3, -0.25) is 4.68 Å². The summed E-state index contributed by atoms with van der Waals surface area (Å²) in [5.41, 5.74) is 8.62. The van der Waals surface area contributed by atoms with Crippen molar-refractivity contribution in [1.29, 1.82) is 0 Å². The summed E-state index contributed by atoms with van der Waals surface area (Å²) < 4.78 is 1.84. The van der Waals surface area contributed by atoms with E-state index in [9.17, 15) is 0 Å². The molecule has 1 aliphatic carbocycles. The molecule has 3 heteroatoms. The molecule has 1 aromatic rings. The summed E-state index contributed by atoms with van der Waals surface area (Å²) in [6, 6.07) is 0. The standard InChI is InChI=1S/C15H27N3/c1-11(2)14-13(17-18(3)15(14)16)10-9-12-7-5-4-6-8-12/h11-12H,4-10,16H2,1-3H3. The van der Waals surface area contributed by atoms with Crippen molar-refractivity contribution in [3.05, 3.63) is 11.3 Å². The Morgan fingerprint density at radius 2 is 1.94 bits per heavy atom. The Kier molecular flexibility index (Phi) is 4.31. The molecule has 2 N–H and O–H groups in total. The van der Waals surface area contributed by atoms with E-state index in [4.69, 9.17) is 5.73 Å². The van der Waals surface area contributed by atoms with Crippen LogP contribution >= 0.6 is 0 Å². The van der Waals surface area contributed by atoms with E-state index < -0.39 is 0 Å². The van der Waals surface area contributed by atoms with Gasteiger partial charge in [0.05, 0.1) is 5.69 Å². The van der Waals surface area contributed by atoms with E-state index in [0.29, 0.717) is 5.92 Å². The number of hydrogen-bond acceptors (Lipinski definition) is 2. The van der Waals surface area contributed by atoms with Gasteiger partial charge >= 0.3 is 0 Å². The van der Waals surface area contributed by atoms with Crippen LogP contribution in [0, 0.1) is 5.92 Å². The van der Waals surface area contributed by atoms with Gasteiger partial charge < -0.3 is 5.73 Å². The normalized spacial score (nSPS) is 17.6. The molecule has 0 aromatic carbocycles. The van der Waals surface area contributed by atoms with E-state index >= 15 is 0 Å². The maximum atomic E-state index is 6.11. The Balaban J connectivity index is 2.02. The van der Waals surface area contributed by atoms with Crippen LogP contribution in [0.4, 0.5) is 5.82 Å². The highest BCUT2D eigenvalue weighted by Crippen LogP contribution is 2.30. The highest BCUT2D eigenvalue weighted by molar-refractivity contribution is 5.45. The quantitative estimate of drug-likeness (QED) is 0.885. The van der Waals surface area contributed by atoms with Crippen LogP contribution in [0.25, 0.3) is 0 Å². The maximum Gasteiger partial charge on any atom is 0.125 e. The minimum atomic E-state index is 0.472. The molecule has 0 bridgehead atoms. The summed E-state index contributed by atoms with van der Waals surface area (Å²) in [6.45, 7) is 4.41. The van der Waals surface area contributed by atoms with E-state index in [1.54, 1.807) is 0 Å². The predicted molar refractivity (Wildman–Crippen MR) is 76.6 cm³/mol. The lowest BCUT2D eigenvalue weighted by Gasteiger charge is -2.21. The third-order valence-corrected chi connectivity index (χ3v) is 4.30. The molecule has 1 aromatic heterocycles. The number of nitrogen functional groups attached to an aromatic ring is 1. The summed E-state index contributed by atoms with van der Waals surface area (Å²) in [4.78, 5) is 0. The molecular formula is C15H27N3. The van der Waals surface area contributed by atoms with Gasteiger partial charge in [0.25, 0.3) is 0 Å². The fraction of sp³-hybridized carbons (Fsp3) is 0.800. The van der Waals surface area contributed by atoms with Gasteiger partial charge in [0, 0.05) is 12.6 Å². The number of nitrogens with two attached hydrogens (primary N) is 1. The molecule has 0 radical (unpaired) electrons. The SMILES string of the molecule is CC(C)c1c(CCC2CCCCC2)nn(C)c1N. The van der Waals surface area contributed by atoms with Gasteiger partial charge in [0.15, 0.2) is 0 Å². The molecule has 0 amide bonds. The van der Waals surface area contributed by atoms with Crippen LogP contribution in [0.15, 0.2) is 0 Å². The van der Waals surface area contributed by atoms with Crippen molar-refractivity contribution in [2.75, 3.05) is 5.73 Å². The average Bonchev–Trinajstić information content (AvgIpc) is 2.64. The van der Waals surface area contributed by atoms with E-state index in [2.05, 4.69) is 18.9 Å². The predicted octanol–water partition coefficient (Wildman–Crippen LogP) is 3.64. The Morgan fingerprint density at radius 3 is 2.56 bits per heavy atom. The summed E-state index contributed by atoms with van der Waals surface area (Å²) in [7, 11) is 1.95. The lowest BCUT2D eigenvalue weighted by molar-refractivity contribution is 0.338. The maximum absolute atomic E-state index is 6.11.